The molecular formula is C29H30N2O3. The van der Waals surface area contributed by atoms with Crippen LogP contribution in [0.5, 0.6) is 5.75 Å². The first-order chi connectivity index (χ1) is 16.6. The largest absolute Gasteiger partial charge is 0.489 e. The quantitative estimate of drug-likeness (QED) is 0.330. The van der Waals surface area contributed by atoms with Crippen molar-refractivity contribution in [3.8, 4) is 16.9 Å². The number of carbonyl (C=O) groups excluding carboxylic acids is 1. The van der Waals surface area contributed by atoms with Crippen molar-refractivity contribution in [1.82, 2.24) is 10.2 Å². The van der Waals surface area contributed by atoms with Crippen LogP contribution in [0.4, 0.5) is 0 Å². The van der Waals surface area contributed by atoms with E-state index in [1.165, 1.54) is 5.56 Å². The van der Waals surface area contributed by atoms with Gasteiger partial charge >= 0.3 is 0 Å². The van der Waals surface area contributed by atoms with Crippen LogP contribution in [0.1, 0.15) is 28.4 Å². The van der Waals surface area contributed by atoms with Gasteiger partial charge in [0, 0.05) is 24.2 Å². The number of hydrogen-bond donors (Lipinski definition) is 1. The molecule has 5 nitrogen and oxygen atoms in total. The van der Waals surface area contributed by atoms with Crippen LogP contribution in [0, 0.1) is 0 Å². The minimum atomic E-state index is -0.161. The molecule has 1 aromatic heterocycles. The van der Waals surface area contributed by atoms with Gasteiger partial charge in [0.05, 0.1) is 19.1 Å². The summed E-state index contributed by atoms with van der Waals surface area (Å²) in [6, 6.07) is 27.8. The number of carbonyl (C=O) groups is 1. The van der Waals surface area contributed by atoms with Crippen LogP contribution in [0.25, 0.3) is 11.1 Å². The Balaban J connectivity index is 1.26. The van der Waals surface area contributed by atoms with Crippen molar-refractivity contribution in [3.63, 3.8) is 0 Å². The average Bonchev–Trinajstić information content (AvgIpc) is 3.36. The van der Waals surface area contributed by atoms with Crippen molar-refractivity contribution in [2.75, 3.05) is 13.6 Å². The Hall–Kier alpha value is -3.83. The zero-order chi connectivity index (χ0) is 23.8. The van der Waals surface area contributed by atoms with Crippen LogP contribution < -0.4 is 10.1 Å². The third-order valence-corrected chi connectivity index (χ3v) is 5.53. The molecule has 1 atom stereocenters. The van der Waals surface area contributed by atoms with Gasteiger partial charge in [0.1, 0.15) is 11.9 Å². The molecule has 0 aliphatic heterocycles. The predicted octanol–water partition coefficient (Wildman–Crippen LogP) is 5.78. The smallest absolute Gasteiger partial charge is 0.251 e. The van der Waals surface area contributed by atoms with E-state index in [-0.39, 0.29) is 12.0 Å². The molecule has 0 aliphatic rings. The molecule has 1 amide bonds. The molecule has 1 heterocycles. The number of rotatable bonds is 10. The zero-order valence-electron chi connectivity index (χ0n) is 19.6. The van der Waals surface area contributed by atoms with E-state index in [2.05, 4.69) is 35.5 Å². The van der Waals surface area contributed by atoms with Crippen molar-refractivity contribution in [3.05, 3.63) is 114 Å². The van der Waals surface area contributed by atoms with Gasteiger partial charge in [-0.15, -0.1) is 0 Å². The summed E-state index contributed by atoms with van der Waals surface area (Å²) in [7, 11) is 2.07. The maximum atomic E-state index is 12.6. The Morgan fingerprint density at radius 3 is 2.38 bits per heavy atom. The van der Waals surface area contributed by atoms with Crippen LogP contribution in [0.2, 0.25) is 0 Å². The molecule has 4 aromatic rings. The normalized spacial score (nSPS) is 11.9. The highest BCUT2D eigenvalue weighted by Crippen LogP contribution is 2.20. The number of nitrogens with one attached hydrogen (secondary N) is 1. The molecule has 174 valence electrons. The number of furan rings is 1. The molecule has 34 heavy (non-hydrogen) atoms. The van der Waals surface area contributed by atoms with Crippen LogP contribution >= 0.6 is 0 Å². The highest BCUT2D eigenvalue weighted by molar-refractivity contribution is 5.94. The molecule has 0 fully saturated rings. The predicted molar refractivity (Wildman–Crippen MR) is 135 cm³/mol. The Morgan fingerprint density at radius 1 is 0.912 bits per heavy atom. The number of amides is 1. The van der Waals surface area contributed by atoms with Gasteiger partial charge in [-0.2, -0.15) is 0 Å². The second kappa shape index (κ2) is 11.3. The monoisotopic (exact) mass is 454 g/mol. The van der Waals surface area contributed by atoms with Crippen molar-refractivity contribution in [2.45, 2.75) is 26.1 Å². The molecule has 0 radical (unpaired) electrons. The minimum absolute atomic E-state index is 0.107. The summed E-state index contributed by atoms with van der Waals surface area (Å²) in [5, 5.41) is 2.97. The second-order valence-corrected chi connectivity index (χ2v) is 8.53. The number of benzene rings is 3. The lowest BCUT2D eigenvalue weighted by Gasteiger charge is -2.18. The molecule has 1 unspecified atom stereocenters. The Morgan fingerprint density at radius 2 is 1.65 bits per heavy atom. The van der Waals surface area contributed by atoms with Gasteiger partial charge in [-0.3, -0.25) is 9.69 Å². The Kier molecular flexibility index (Phi) is 7.79. The first kappa shape index (κ1) is 23.3. The zero-order valence-corrected chi connectivity index (χ0v) is 19.6. The van der Waals surface area contributed by atoms with Crippen LogP contribution in [0.15, 0.2) is 102 Å². The van der Waals surface area contributed by atoms with Gasteiger partial charge in [-0.25, -0.2) is 0 Å². The summed E-state index contributed by atoms with van der Waals surface area (Å²) in [5.74, 6) is 0.688. The Bertz CT molecular complexity index is 1170. The molecule has 3 aromatic carbocycles. The topological polar surface area (TPSA) is 54.7 Å². The van der Waals surface area contributed by atoms with Crippen LogP contribution in [0.3, 0.4) is 0 Å². The van der Waals surface area contributed by atoms with Crippen molar-refractivity contribution in [1.29, 1.82) is 0 Å². The number of nitrogens with zero attached hydrogens (tertiary/aromatic N) is 1. The standard InChI is InChI=1S/C29H30N2O3/c1-22(18-30-29(32)27-13-11-26(12-14-27)25-8-4-3-5-9-25)34-28-10-6-7-23(17-28)19-31(2)20-24-15-16-33-21-24/h3-17,21-22H,18-20H2,1-2H3,(H,30,32). The lowest BCUT2D eigenvalue weighted by atomic mass is 10.0. The van der Waals surface area contributed by atoms with Gasteiger partial charge in [0.2, 0.25) is 0 Å². The van der Waals surface area contributed by atoms with Crippen LogP contribution in [-0.4, -0.2) is 30.5 Å². The lowest BCUT2D eigenvalue weighted by molar-refractivity contribution is 0.0932. The van der Waals surface area contributed by atoms with E-state index in [0.717, 1.165) is 35.5 Å². The maximum absolute atomic E-state index is 12.6. The molecule has 0 spiro atoms. The minimum Gasteiger partial charge on any atom is -0.489 e. The molecule has 0 saturated carbocycles. The van der Waals surface area contributed by atoms with E-state index in [1.807, 2.05) is 73.7 Å². The maximum Gasteiger partial charge on any atom is 0.251 e. The Labute approximate surface area is 201 Å². The number of hydrogen-bond acceptors (Lipinski definition) is 4. The molecule has 0 aliphatic carbocycles. The van der Waals surface area contributed by atoms with Gasteiger partial charge < -0.3 is 14.5 Å². The molecule has 4 rings (SSSR count). The third-order valence-electron chi connectivity index (χ3n) is 5.53. The molecule has 5 heteroatoms. The number of ether oxygens (including phenoxy) is 1. The summed E-state index contributed by atoms with van der Waals surface area (Å²) >= 11 is 0. The first-order valence-electron chi connectivity index (χ1n) is 11.5. The van der Waals surface area contributed by atoms with E-state index in [9.17, 15) is 4.79 Å². The van der Waals surface area contributed by atoms with E-state index in [0.29, 0.717) is 12.1 Å². The van der Waals surface area contributed by atoms with E-state index in [1.54, 1.807) is 12.5 Å². The van der Waals surface area contributed by atoms with E-state index >= 15 is 0 Å². The van der Waals surface area contributed by atoms with E-state index < -0.39 is 0 Å². The summed E-state index contributed by atoms with van der Waals surface area (Å²) in [4.78, 5) is 14.8. The lowest BCUT2D eigenvalue weighted by Crippen LogP contribution is -2.33. The molecule has 1 N–H and O–H groups in total. The third kappa shape index (κ3) is 6.59. The van der Waals surface area contributed by atoms with E-state index in [4.69, 9.17) is 9.15 Å². The van der Waals surface area contributed by atoms with Gasteiger partial charge in [-0.1, -0.05) is 54.6 Å². The van der Waals surface area contributed by atoms with Crippen molar-refractivity contribution >= 4 is 5.91 Å². The van der Waals surface area contributed by atoms with Crippen molar-refractivity contribution in [2.24, 2.45) is 0 Å². The van der Waals surface area contributed by atoms with Gasteiger partial charge in [0.25, 0.3) is 5.91 Å². The van der Waals surface area contributed by atoms with Gasteiger partial charge in [-0.05, 0) is 61.0 Å². The fourth-order valence-electron chi connectivity index (χ4n) is 3.84. The average molecular weight is 455 g/mol. The van der Waals surface area contributed by atoms with Crippen molar-refractivity contribution < 1.29 is 13.9 Å². The van der Waals surface area contributed by atoms with Crippen LogP contribution in [-0.2, 0) is 13.1 Å². The summed E-state index contributed by atoms with van der Waals surface area (Å²) < 4.78 is 11.2. The molecule has 0 saturated heterocycles. The second-order valence-electron chi connectivity index (χ2n) is 8.53. The summed E-state index contributed by atoms with van der Waals surface area (Å²) in [6.07, 6.45) is 3.30. The SMILES string of the molecule is CC(CNC(=O)c1ccc(-c2ccccc2)cc1)Oc1cccc(CN(C)Cc2ccoc2)c1. The summed E-state index contributed by atoms with van der Waals surface area (Å²) in [5.41, 5.74) is 5.16. The highest BCUT2D eigenvalue weighted by atomic mass is 16.5. The molecular weight excluding hydrogens is 424 g/mol. The first-order valence-corrected chi connectivity index (χ1v) is 11.5. The fourth-order valence-corrected chi connectivity index (χ4v) is 3.84. The molecule has 0 bridgehead atoms. The highest BCUT2D eigenvalue weighted by Gasteiger charge is 2.10. The van der Waals surface area contributed by atoms with Gasteiger partial charge in [0.15, 0.2) is 0 Å². The fraction of sp³-hybridized carbons (Fsp3) is 0.207. The summed E-state index contributed by atoms with van der Waals surface area (Å²) in [6.45, 7) is 3.99.